The highest BCUT2D eigenvalue weighted by Crippen LogP contribution is 2.35. The Bertz CT molecular complexity index is 945. The molecule has 1 aromatic carbocycles. The van der Waals surface area contributed by atoms with Crippen molar-refractivity contribution in [1.29, 1.82) is 0 Å². The molecule has 3 heterocycles. The number of anilines is 1. The second kappa shape index (κ2) is 7.48. The summed E-state index contributed by atoms with van der Waals surface area (Å²) in [4.78, 5) is 4.84. The maximum atomic E-state index is 10.0. The van der Waals surface area contributed by atoms with Gasteiger partial charge in [0, 0.05) is 24.9 Å². The zero-order valence-electron chi connectivity index (χ0n) is 15.7. The van der Waals surface area contributed by atoms with Gasteiger partial charge >= 0.3 is 0 Å². The number of hydrogen-bond acceptors (Lipinski definition) is 5. The van der Waals surface area contributed by atoms with Crippen molar-refractivity contribution in [2.24, 2.45) is 0 Å². The summed E-state index contributed by atoms with van der Waals surface area (Å²) in [5.74, 6) is 1.52. The van der Waals surface area contributed by atoms with Crippen LogP contribution in [0.25, 0.3) is 16.9 Å². The van der Waals surface area contributed by atoms with Gasteiger partial charge in [-0.25, -0.2) is 4.98 Å². The third-order valence-corrected chi connectivity index (χ3v) is 4.84. The number of aromatic hydroxyl groups is 1. The zero-order chi connectivity index (χ0) is 18.8. The molecule has 0 radical (unpaired) electrons. The topological polar surface area (TPSA) is 68.0 Å². The molecule has 1 saturated heterocycles. The van der Waals surface area contributed by atoms with E-state index in [2.05, 4.69) is 28.8 Å². The number of aromatic nitrogens is 2. The summed E-state index contributed by atoms with van der Waals surface area (Å²) in [6, 6.07) is 9.48. The zero-order valence-corrected chi connectivity index (χ0v) is 15.7. The second-order valence-electron chi connectivity index (χ2n) is 6.87. The molecule has 142 valence electrons. The molecular weight excluding hydrogens is 342 g/mol. The molecule has 6 heteroatoms. The monoisotopic (exact) mass is 367 g/mol. The highest BCUT2D eigenvalue weighted by atomic mass is 16.5. The molecule has 0 aliphatic carbocycles. The number of aryl methyl sites for hydroxylation is 1. The Morgan fingerprint density at radius 3 is 3.00 bits per heavy atom. The van der Waals surface area contributed by atoms with E-state index >= 15 is 0 Å². The predicted molar refractivity (Wildman–Crippen MR) is 106 cm³/mol. The second-order valence-corrected chi connectivity index (χ2v) is 6.87. The van der Waals surface area contributed by atoms with Crippen LogP contribution in [0.4, 0.5) is 5.82 Å². The summed E-state index contributed by atoms with van der Waals surface area (Å²) >= 11 is 0. The quantitative estimate of drug-likeness (QED) is 0.689. The predicted octanol–water partition coefficient (Wildman–Crippen LogP) is 4.00. The van der Waals surface area contributed by atoms with E-state index in [0.717, 1.165) is 54.3 Å². The van der Waals surface area contributed by atoms with Crippen LogP contribution in [0.3, 0.4) is 0 Å². The van der Waals surface area contributed by atoms with E-state index in [1.807, 2.05) is 25.3 Å². The van der Waals surface area contributed by atoms with Gasteiger partial charge in [0.2, 0.25) is 0 Å². The summed E-state index contributed by atoms with van der Waals surface area (Å²) in [5, 5.41) is 13.6. The minimum atomic E-state index is 0.133. The maximum Gasteiger partial charge on any atom is 0.161 e. The van der Waals surface area contributed by atoms with Crippen molar-refractivity contribution in [1.82, 2.24) is 9.38 Å². The van der Waals surface area contributed by atoms with Crippen molar-refractivity contribution < 1.29 is 14.6 Å². The molecule has 3 aromatic rings. The lowest BCUT2D eigenvalue weighted by molar-refractivity contribution is 0.120. The van der Waals surface area contributed by atoms with Crippen molar-refractivity contribution in [3.05, 3.63) is 42.1 Å². The molecule has 4 rings (SSSR count). The minimum absolute atomic E-state index is 0.133. The van der Waals surface area contributed by atoms with E-state index in [1.165, 1.54) is 0 Å². The molecule has 0 spiro atoms. The molecule has 1 fully saturated rings. The molecule has 6 nitrogen and oxygen atoms in total. The molecule has 0 bridgehead atoms. The molecule has 0 saturated carbocycles. The van der Waals surface area contributed by atoms with Gasteiger partial charge in [-0.3, -0.25) is 4.40 Å². The van der Waals surface area contributed by atoms with Gasteiger partial charge in [-0.15, -0.1) is 0 Å². The fourth-order valence-electron chi connectivity index (χ4n) is 3.47. The summed E-state index contributed by atoms with van der Waals surface area (Å²) in [6.45, 7) is 6.02. The number of imidazole rings is 1. The van der Waals surface area contributed by atoms with Crippen LogP contribution in [-0.4, -0.2) is 40.4 Å². The average Bonchev–Trinajstić information content (AvgIpc) is 3.29. The lowest BCUT2D eigenvalue weighted by atomic mass is 10.1. The van der Waals surface area contributed by atoms with Crippen molar-refractivity contribution >= 4 is 11.5 Å². The molecule has 1 atom stereocenters. The van der Waals surface area contributed by atoms with Gasteiger partial charge in [-0.1, -0.05) is 0 Å². The number of nitrogens with one attached hydrogen (secondary N) is 1. The Morgan fingerprint density at radius 1 is 1.33 bits per heavy atom. The summed E-state index contributed by atoms with van der Waals surface area (Å²) < 4.78 is 13.4. The number of fused-ring (bicyclic) bond motifs is 1. The Morgan fingerprint density at radius 2 is 2.22 bits per heavy atom. The highest BCUT2D eigenvalue weighted by molar-refractivity contribution is 5.78. The van der Waals surface area contributed by atoms with Crippen molar-refractivity contribution in [3.63, 3.8) is 0 Å². The molecule has 2 N–H and O–H groups in total. The summed E-state index contributed by atoms with van der Waals surface area (Å²) in [7, 11) is 0. The van der Waals surface area contributed by atoms with E-state index < -0.39 is 0 Å². The normalized spacial score (nSPS) is 16.7. The van der Waals surface area contributed by atoms with E-state index in [0.29, 0.717) is 12.4 Å². The molecule has 0 unspecified atom stereocenters. The van der Waals surface area contributed by atoms with Crippen LogP contribution in [-0.2, 0) is 4.74 Å². The SMILES string of the molecule is CCOc1cc(-c2nc3cc(C)ccn3c2NC[C@H]2CCCO2)ccc1O. The van der Waals surface area contributed by atoms with Crippen LogP contribution in [0, 0.1) is 6.92 Å². The molecule has 1 aliphatic heterocycles. The molecule has 1 aliphatic rings. The van der Waals surface area contributed by atoms with Gasteiger partial charge in [-0.05, 0) is 62.6 Å². The number of pyridine rings is 1. The molecule has 0 amide bonds. The van der Waals surface area contributed by atoms with Crippen LogP contribution >= 0.6 is 0 Å². The number of ether oxygens (including phenoxy) is 2. The smallest absolute Gasteiger partial charge is 0.161 e. The van der Waals surface area contributed by atoms with Crippen LogP contribution in [0.5, 0.6) is 11.5 Å². The van der Waals surface area contributed by atoms with E-state index in [1.54, 1.807) is 6.07 Å². The van der Waals surface area contributed by atoms with E-state index in [9.17, 15) is 5.11 Å². The number of rotatable bonds is 6. The van der Waals surface area contributed by atoms with Gasteiger partial charge in [-0.2, -0.15) is 0 Å². The Labute approximate surface area is 158 Å². The third-order valence-electron chi connectivity index (χ3n) is 4.84. The van der Waals surface area contributed by atoms with Gasteiger partial charge in [0.1, 0.15) is 17.2 Å². The standard InChI is InChI=1S/C21H25N3O3/c1-3-26-18-12-15(6-7-17(18)25)20-21(22-13-16-5-4-10-27-16)24-9-8-14(2)11-19(24)23-20/h6-9,11-12,16,22,25H,3-5,10,13H2,1-2H3/t16-/m1/s1. The van der Waals surface area contributed by atoms with Gasteiger partial charge < -0.3 is 19.9 Å². The molecule has 2 aromatic heterocycles. The number of hydrogen-bond donors (Lipinski definition) is 2. The summed E-state index contributed by atoms with van der Waals surface area (Å²) in [6.07, 6.45) is 4.45. The van der Waals surface area contributed by atoms with Crippen molar-refractivity contribution in [3.8, 4) is 22.8 Å². The molecular formula is C21H25N3O3. The largest absolute Gasteiger partial charge is 0.504 e. The lowest BCUT2D eigenvalue weighted by Crippen LogP contribution is -2.19. The van der Waals surface area contributed by atoms with Gasteiger partial charge in [0.15, 0.2) is 11.5 Å². The van der Waals surface area contributed by atoms with Crippen LogP contribution in [0.2, 0.25) is 0 Å². The van der Waals surface area contributed by atoms with Crippen molar-refractivity contribution in [2.45, 2.75) is 32.8 Å². The first-order valence-electron chi connectivity index (χ1n) is 9.46. The van der Waals surface area contributed by atoms with Crippen LogP contribution in [0.15, 0.2) is 36.5 Å². The number of nitrogens with zero attached hydrogens (tertiary/aromatic N) is 2. The summed E-state index contributed by atoms with van der Waals surface area (Å²) in [5.41, 5.74) is 3.77. The first-order valence-corrected chi connectivity index (χ1v) is 9.46. The van der Waals surface area contributed by atoms with Gasteiger partial charge in [0.25, 0.3) is 0 Å². The fraction of sp³-hybridized carbons (Fsp3) is 0.381. The van der Waals surface area contributed by atoms with Gasteiger partial charge in [0.05, 0.1) is 12.7 Å². The van der Waals surface area contributed by atoms with Crippen LogP contribution < -0.4 is 10.1 Å². The third kappa shape index (κ3) is 3.57. The average molecular weight is 367 g/mol. The van der Waals surface area contributed by atoms with Crippen molar-refractivity contribution in [2.75, 3.05) is 25.1 Å². The highest BCUT2D eigenvalue weighted by Gasteiger charge is 2.19. The minimum Gasteiger partial charge on any atom is -0.504 e. The molecule has 27 heavy (non-hydrogen) atoms. The number of phenols is 1. The fourth-order valence-corrected chi connectivity index (χ4v) is 3.47. The van der Waals surface area contributed by atoms with Crippen LogP contribution in [0.1, 0.15) is 25.3 Å². The lowest BCUT2D eigenvalue weighted by Gasteiger charge is -2.14. The maximum absolute atomic E-state index is 10.0. The Balaban J connectivity index is 1.76. The number of phenolic OH excluding ortho intramolecular Hbond substituents is 1. The van der Waals surface area contributed by atoms with E-state index in [4.69, 9.17) is 14.5 Å². The number of benzene rings is 1. The first-order chi connectivity index (χ1) is 13.2. The van der Waals surface area contributed by atoms with E-state index in [-0.39, 0.29) is 11.9 Å². The first kappa shape index (κ1) is 17.7. The Hall–Kier alpha value is -2.73. The Kier molecular flexibility index (Phi) is 4.90.